The molecule has 0 aliphatic heterocycles. The largest absolute Gasteiger partial charge is 0.389 e. The van der Waals surface area contributed by atoms with Crippen LogP contribution in [0.1, 0.15) is 25.7 Å². The molecule has 1 rings (SSSR count). The van der Waals surface area contributed by atoms with Gasteiger partial charge in [-0.3, -0.25) is 0 Å². The van der Waals surface area contributed by atoms with E-state index in [1.54, 1.807) is 0 Å². The molecule has 4 nitrogen and oxygen atoms in total. The lowest BCUT2D eigenvalue weighted by atomic mass is 10.0. The summed E-state index contributed by atoms with van der Waals surface area (Å²) < 4.78 is 46.9. The van der Waals surface area contributed by atoms with Crippen LogP contribution in [0.15, 0.2) is 0 Å². The van der Waals surface area contributed by atoms with Gasteiger partial charge in [-0.1, -0.05) is 12.8 Å². The maximum atomic E-state index is 12.2. The topological polar surface area (TPSA) is 57.6 Å². The van der Waals surface area contributed by atoms with Gasteiger partial charge in [-0.25, -0.2) is 8.42 Å². The summed E-state index contributed by atoms with van der Waals surface area (Å²) in [5, 5.41) is 9.86. The van der Waals surface area contributed by atoms with Gasteiger partial charge >= 0.3 is 5.76 Å². The fraction of sp³-hybridized carbons (Fsp3) is 1.00. The lowest BCUT2D eigenvalue weighted by molar-refractivity contribution is 0.0320. The molecule has 1 N–H and O–H groups in total. The molecule has 0 atom stereocenters. The van der Waals surface area contributed by atoms with Crippen molar-refractivity contribution in [3.05, 3.63) is 0 Å². The second-order valence-electron chi connectivity index (χ2n) is 3.99. The van der Waals surface area contributed by atoms with Crippen molar-refractivity contribution in [1.82, 2.24) is 4.31 Å². The zero-order valence-electron chi connectivity index (χ0n) is 8.49. The van der Waals surface area contributed by atoms with Crippen LogP contribution in [0, 0.1) is 0 Å². The Morgan fingerprint density at radius 3 is 2.27 bits per heavy atom. The summed E-state index contributed by atoms with van der Waals surface area (Å²) in [6.45, 7) is -0.250. The Morgan fingerprint density at radius 1 is 1.40 bits per heavy atom. The van der Waals surface area contributed by atoms with E-state index in [-0.39, 0.29) is 6.54 Å². The molecular formula is C8H15F2NO3S. The van der Waals surface area contributed by atoms with E-state index in [4.69, 9.17) is 0 Å². The van der Waals surface area contributed by atoms with Crippen molar-refractivity contribution in [1.29, 1.82) is 0 Å². The van der Waals surface area contributed by atoms with Gasteiger partial charge in [0.05, 0.1) is 5.60 Å². The van der Waals surface area contributed by atoms with Crippen molar-refractivity contribution in [2.24, 2.45) is 0 Å². The molecule has 0 aromatic rings. The zero-order chi connectivity index (χ0) is 11.7. The summed E-state index contributed by atoms with van der Waals surface area (Å²) in [7, 11) is -3.50. The molecule has 0 amide bonds. The molecule has 0 heterocycles. The van der Waals surface area contributed by atoms with Crippen LogP contribution in [-0.4, -0.2) is 42.8 Å². The Labute approximate surface area is 87.9 Å². The van der Waals surface area contributed by atoms with Crippen LogP contribution < -0.4 is 0 Å². The number of hydrogen-bond acceptors (Lipinski definition) is 3. The van der Waals surface area contributed by atoms with E-state index in [1.165, 1.54) is 0 Å². The van der Waals surface area contributed by atoms with E-state index >= 15 is 0 Å². The molecule has 0 unspecified atom stereocenters. The van der Waals surface area contributed by atoms with Crippen LogP contribution in [0.4, 0.5) is 8.78 Å². The molecule has 0 radical (unpaired) electrons. The number of likely N-dealkylation sites (N-methyl/N-ethyl adjacent to an activating group) is 1. The van der Waals surface area contributed by atoms with Gasteiger partial charge in [0, 0.05) is 13.6 Å². The molecule has 15 heavy (non-hydrogen) atoms. The van der Waals surface area contributed by atoms with Crippen LogP contribution in [-0.2, 0) is 10.0 Å². The van der Waals surface area contributed by atoms with E-state index in [0.29, 0.717) is 17.1 Å². The number of rotatable bonds is 4. The van der Waals surface area contributed by atoms with Gasteiger partial charge in [-0.2, -0.15) is 13.1 Å². The molecule has 0 bridgehead atoms. The molecule has 0 saturated heterocycles. The Morgan fingerprint density at radius 2 is 1.87 bits per heavy atom. The van der Waals surface area contributed by atoms with Gasteiger partial charge in [0.15, 0.2) is 0 Å². The van der Waals surface area contributed by atoms with Crippen LogP contribution in [0.5, 0.6) is 0 Å². The quantitative estimate of drug-likeness (QED) is 0.793. The first-order chi connectivity index (χ1) is 6.78. The summed E-state index contributed by atoms with van der Waals surface area (Å²) in [5.41, 5.74) is -1.13. The van der Waals surface area contributed by atoms with E-state index in [1.807, 2.05) is 0 Å². The Hall–Kier alpha value is -0.270. The Balaban J connectivity index is 2.66. The van der Waals surface area contributed by atoms with Crippen molar-refractivity contribution in [2.45, 2.75) is 37.0 Å². The first kappa shape index (κ1) is 12.8. The predicted molar refractivity (Wildman–Crippen MR) is 51.0 cm³/mol. The highest BCUT2D eigenvalue weighted by Gasteiger charge is 2.38. The lowest BCUT2D eigenvalue weighted by Crippen LogP contribution is -2.43. The first-order valence-electron chi connectivity index (χ1n) is 4.74. The third kappa shape index (κ3) is 2.85. The monoisotopic (exact) mass is 243 g/mol. The number of hydrogen-bond donors (Lipinski definition) is 1. The van der Waals surface area contributed by atoms with Crippen molar-refractivity contribution in [3.63, 3.8) is 0 Å². The molecule has 7 heteroatoms. The normalized spacial score (nSPS) is 21.5. The first-order valence-corrected chi connectivity index (χ1v) is 6.24. The van der Waals surface area contributed by atoms with Gasteiger partial charge in [-0.05, 0) is 12.8 Å². The van der Waals surface area contributed by atoms with Crippen molar-refractivity contribution in [3.8, 4) is 0 Å². The van der Waals surface area contributed by atoms with Crippen molar-refractivity contribution in [2.75, 3.05) is 13.6 Å². The van der Waals surface area contributed by atoms with Gasteiger partial charge in [0.2, 0.25) is 0 Å². The van der Waals surface area contributed by atoms with Gasteiger partial charge < -0.3 is 5.11 Å². The van der Waals surface area contributed by atoms with Gasteiger partial charge in [-0.15, -0.1) is 0 Å². The maximum absolute atomic E-state index is 12.2. The fourth-order valence-electron chi connectivity index (χ4n) is 1.83. The lowest BCUT2D eigenvalue weighted by Gasteiger charge is -2.27. The van der Waals surface area contributed by atoms with Crippen molar-refractivity contribution < 1.29 is 22.3 Å². The van der Waals surface area contributed by atoms with Crippen LogP contribution in [0.3, 0.4) is 0 Å². The number of sulfonamides is 1. The van der Waals surface area contributed by atoms with Gasteiger partial charge in [0.1, 0.15) is 0 Å². The molecule has 0 aromatic heterocycles. The summed E-state index contributed by atoms with van der Waals surface area (Å²) in [6.07, 6.45) is 2.55. The smallest absolute Gasteiger partial charge is 0.350 e. The number of aliphatic hydroxyl groups is 1. The SMILES string of the molecule is CN(CC1(O)CCCC1)S(=O)(=O)C(F)F. The highest BCUT2D eigenvalue weighted by molar-refractivity contribution is 7.89. The maximum Gasteiger partial charge on any atom is 0.350 e. The molecule has 0 spiro atoms. The summed E-state index contributed by atoms with van der Waals surface area (Å²) in [5.74, 6) is -3.42. The average molecular weight is 243 g/mol. The molecule has 1 aliphatic carbocycles. The Kier molecular flexibility index (Phi) is 3.67. The third-order valence-electron chi connectivity index (χ3n) is 2.71. The van der Waals surface area contributed by atoms with E-state index in [2.05, 4.69) is 0 Å². The Bertz CT molecular complexity index is 312. The summed E-state index contributed by atoms with van der Waals surface area (Å²) in [4.78, 5) is 0. The molecule has 1 aliphatic rings. The van der Waals surface area contributed by atoms with Gasteiger partial charge in [0.25, 0.3) is 10.0 Å². The van der Waals surface area contributed by atoms with E-state index in [9.17, 15) is 22.3 Å². The van der Waals surface area contributed by atoms with Crippen LogP contribution in [0.2, 0.25) is 0 Å². The standard InChI is InChI=1S/C8H15F2NO3S/c1-11(15(13,14)7(9)10)6-8(12)4-2-3-5-8/h7,12H,2-6H2,1H3. The highest BCUT2D eigenvalue weighted by atomic mass is 32.2. The summed E-state index contributed by atoms with van der Waals surface area (Å²) in [6, 6.07) is 0. The third-order valence-corrected chi connectivity index (χ3v) is 4.16. The highest BCUT2D eigenvalue weighted by Crippen LogP contribution is 2.30. The molecular weight excluding hydrogens is 228 g/mol. The van der Waals surface area contributed by atoms with Crippen molar-refractivity contribution >= 4 is 10.0 Å². The summed E-state index contributed by atoms with van der Waals surface area (Å²) >= 11 is 0. The minimum Gasteiger partial charge on any atom is -0.389 e. The molecule has 1 saturated carbocycles. The second kappa shape index (κ2) is 4.31. The minimum absolute atomic E-state index is 0.250. The van der Waals surface area contributed by atoms with Crippen LogP contribution >= 0.6 is 0 Å². The number of alkyl halides is 2. The predicted octanol–water partition coefficient (Wildman–Crippen LogP) is 0.776. The second-order valence-corrected chi connectivity index (χ2v) is 6.00. The molecule has 90 valence electrons. The number of halogens is 2. The zero-order valence-corrected chi connectivity index (χ0v) is 9.30. The van der Waals surface area contributed by atoms with E-state index in [0.717, 1.165) is 19.9 Å². The fourth-order valence-corrected chi connectivity index (χ4v) is 2.52. The van der Waals surface area contributed by atoms with Crippen LogP contribution in [0.25, 0.3) is 0 Å². The molecule has 1 fully saturated rings. The average Bonchev–Trinajstić information content (AvgIpc) is 2.51. The van der Waals surface area contributed by atoms with E-state index < -0.39 is 21.4 Å². The minimum atomic E-state index is -4.56. The number of nitrogens with zero attached hydrogens (tertiary/aromatic N) is 1. The molecule has 0 aromatic carbocycles.